The van der Waals surface area contributed by atoms with Crippen molar-refractivity contribution in [3.05, 3.63) is 12.2 Å². The smallest absolute Gasteiger partial charge is 0.472 e. The number of phosphoric ester groups is 1. The van der Waals surface area contributed by atoms with Crippen LogP contribution in [0.5, 0.6) is 0 Å². The third-order valence-corrected chi connectivity index (χ3v) is 12.3. The average Bonchev–Trinajstić information content (AvgIpc) is 3.24. The quantitative estimate of drug-likeness (QED) is 0.0200. The van der Waals surface area contributed by atoms with E-state index in [1.165, 1.54) is 154 Å². The monoisotopic (exact) mass is 888 g/mol. The Balaban J connectivity index is 3.81. The Morgan fingerprint density at radius 2 is 0.852 bits per heavy atom. The molecular weight excluding hydrogens is 794 g/mol. The molecule has 0 radical (unpaired) electrons. The summed E-state index contributed by atoms with van der Waals surface area (Å²) in [5.74, 6) is -2.36. The highest BCUT2D eigenvalue weighted by molar-refractivity contribution is 7.47. The lowest BCUT2D eigenvalue weighted by atomic mass is 10.0. The fourth-order valence-corrected chi connectivity index (χ4v) is 8.14. The van der Waals surface area contributed by atoms with Gasteiger partial charge in [0.25, 0.3) is 0 Å². The van der Waals surface area contributed by atoms with E-state index in [0.717, 1.165) is 57.8 Å². The molecular formula is C49H94NO10P. The zero-order valence-corrected chi connectivity index (χ0v) is 40.1. The lowest BCUT2D eigenvalue weighted by Crippen LogP contribution is -2.43. The molecule has 0 aromatic heterocycles. The van der Waals surface area contributed by atoms with Crippen LogP contribution in [0.2, 0.25) is 0 Å². The van der Waals surface area contributed by atoms with Gasteiger partial charge in [0.1, 0.15) is 12.7 Å². The van der Waals surface area contributed by atoms with Gasteiger partial charge in [0.2, 0.25) is 5.91 Å². The Kier molecular flexibility index (Phi) is 43.5. The fraction of sp³-hybridized carbons (Fsp3) is 0.898. The molecule has 61 heavy (non-hydrogen) atoms. The first-order chi connectivity index (χ1) is 29.6. The molecule has 0 aliphatic heterocycles. The highest BCUT2D eigenvalue weighted by Crippen LogP contribution is 2.43. The molecule has 0 aliphatic rings. The topological polar surface area (TPSA) is 169 Å². The van der Waals surface area contributed by atoms with Crippen LogP contribution in [0.4, 0.5) is 0 Å². The van der Waals surface area contributed by atoms with Crippen LogP contribution in [0.3, 0.4) is 0 Å². The molecule has 0 aliphatic carbocycles. The molecule has 0 spiro atoms. The Hall–Kier alpha value is -1.78. The Bertz CT molecular complexity index is 1090. The summed E-state index contributed by atoms with van der Waals surface area (Å²) < 4.78 is 26.9. The number of nitrogens with one attached hydrogen (secondary N) is 1. The number of aliphatic carboxylic acids is 1. The highest BCUT2D eigenvalue weighted by atomic mass is 31.2. The van der Waals surface area contributed by atoms with Crippen molar-refractivity contribution in [1.82, 2.24) is 5.32 Å². The molecule has 0 saturated heterocycles. The first-order valence-electron chi connectivity index (χ1n) is 25.2. The molecule has 0 aromatic rings. The molecule has 0 saturated carbocycles. The number of esters is 1. The minimum Gasteiger partial charge on any atom is -0.480 e. The van der Waals surface area contributed by atoms with Crippen molar-refractivity contribution in [1.29, 1.82) is 0 Å². The van der Waals surface area contributed by atoms with Gasteiger partial charge in [-0.3, -0.25) is 18.6 Å². The van der Waals surface area contributed by atoms with Gasteiger partial charge in [0, 0.05) is 12.8 Å². The number of ether oxygens (including phenoxy) is 1. The van der Waals surface area contributed by atoms with Gasteiger partial charge < -0.3 is 25.2 Å². The van der Waals surface area contributed by atoms with E-state index in [-0.39, 0.29) is 12.8 Å². The molecule has 0 bridgehead atoms. The SMILES string of the molecule is CCCCCCCCC/C=C\CCCCCCCC(=O)OCC(O)COP(=O)(O)OCC(NC(=O)CCCCCCCCCCCCCCCCCCCCCCC)C(=O)O. The normalized spacial score (nSPS) is 13.6. The first-order valence-corrected chi connectivity index (χ1v) is 26.7. The molecule has 4 N–H and O–H groups in total. The summed E-state index contributed by atoms with van der Waals surface area (Å²) in [7, 11) is -4.76. The summed E-state index contributed by atoms with van der Waals surface area (Å²) in [4.78, 5) is 46.1. The molecule has 0 aromatic carbocycles. The van der Waals surface area contributed by atoms with Crippen LogP contribution >= 0.6 is 7.82 Å². The fourth-order valence-electron chi connectivity index (χ4n) is 7.37. The number of carbonyl (C=O) groups excluding carboxylic acids is 2. The average molecular weight is 888 g/mol. The summed E-state index contributed by atoms with van der Waals surface area (Å²) in [5.41, 5.74) is 0. The maximum atomic E-state index is 12.4. The van der Waals surface area contributed by atoms with Crippen LogP contribution < -0.4 is 5.32 Å². The van der Waals surface area contributed by atoms with Crippen molar-refractivity contribution in [3.8, 4) is 0 Å². The Labute approximate surface area is 373 Å². The van der Waals surface area contributed by atoms with E-state index in [9.17, 15) is 34.1 Å². The molecule has 12 heteroatoms. The molecule has 3 atom stereocenters. The van der Waals surface area contributed by atoms with Crippen molar-refractivity contribution in [2.24, 2.45) is 0 Å². The van der Waals surface area contributed by atoms with Crippen molar-refractivity contribution < 1.29 is 47.8 Å². The van der Waals surface area contributed by atoms with Crippen molar-refractivity contribution >= 4 is 25.7 Å². The van der Waals surface area contributed by atoms with Crippen LogP contribution in [0, 0.1) is 0 Å². The maximum Gasteiger partial charge on any atom is 0.472 e. The third-order valence-electron chi connectivity index (χ3n) is 11.3. The number of carboxylic acids is 1. The van der Waals surface area contributed by atoms with Gasteiger partial charge in [0.15, 0.2) is 6.04 Å². The zero-order valence-electron chi connectivity index (χ0n) is 39.2. The summed E-state index contributed by atoms with van der Waals surface area (Å²) >= 11 is 0. The largest absolute Gasteiger partial charge is 0.480 e. The predicted molar refractivity (Wildman–Crippen MR) is 250 cm³/mol. The Morgan fingerprint density at radius 1 is 0.508 bits per heavy atom. The van der Waals surface area contributed by atoms with E-state index in [4.69, 9.17) is 13.8 Å². The lowest BCUT2D eigenvalue weighted by molar-refractivity contribution is -0.147. The molecule has 1 amide bonds. The van der Waals surface area contributed by atoms with Gasteiger partial charge in [0.05, 0.1) is 13.2 Å². The summed E-state index contributed by atoms with van der Waals surface area (Å²) in [6, 6.07) is -1.54. The van der Waals surface area contributed by atoms with E-state index in [2.05, 4.69) is 31.3 Å². The lowest BCUT2D eigenvalue weighted by Gasteiger charge is -2.18. The maximum absolute atomic E-state index is 12.4. The predicted octanol–water partition coefficient (Wildman–Crippen LogP) is 13.6. The number of hydrogen-bond acceptors (Lipinski definition) is 8. The molecule has 3 unspecified atom stereocenters. The van der Waals surface area contributed by atoms with E-state index in [0.29, 0.717) is 12.8 Å². The van der Waals surface area contributed by atoms with Crippen molar-refractivity contribution in [3.63, 3.8) is 0 Å². The molecule has 360 valence electrons. The molecule has 0 rings (SSSR count). The number of aliphatic hydroxyl groups excluding tert-OH is 1. The van der Waals surface area contributed by atoms with Crippen LogP contribution in [0.25, 0.3) is 0 Å². The van der Waals surface area contributed by atoms with Gasteiger partial charge >= 0.3 is 19.8 Å². The van der Waals surface area contributed by atoms with Gasteiger partial charge in [-0.25, -0.2) is 9.36 Å². The van der Waals surface area contributed by atoms with E-state index in [1.54, 1.807) is 0 Å². The summed E-state index contributed by atoms with van der Waals surface area (Å²) in [6.07, 6.45) is 46.6. The minimum atomic E-state index is -4.76. The number of unbranched alkanes of at least 4 members (excludes halogenated alkanes) is 32. The Morgan fingerprint density at radius 3 is 1.25 bits per heavy atom. The summed E-state index contributed by atoms with van der Waals surface area (Å²) in [6.45, 7) is 2.63. The number of allylic oxidation sites excluding steroid dienone is 2. The van der Waals surface area contributed by atoms with E-state index in [1.807, 2.05) is 0 Å². The van der Waals surface area contributed by atoms with Crippen LogP contribution in [-0.4, -0.2) is 64.9 Å². The standard InChI is InChI=1S/C49H94NO10P/c1-3-5-7-9-11-13-15-17-19-21-22-23-24-25-26-28-30-32-34-36-38-40-47(52)50-46(49(54)55)44-60-61(56,57)59-43-45(51)42-58-48(53)41-39-37-35-33-31-29-27-20-18-16-14-12-10-8-6-4-2/h20,27,45-46,51H,3-19,21-26,28-44H2,1-2H3,(H,50,52)(H,54,55)(H,56,57)/b27-20-. The highest BCUT2D eigenvalue weighted by Gasteiger charge is 2.28. The third kappa shape index (κ3) is 44.6. The van der Waals surface area contributed by atoms with E-state index >= 15 is 0 Å². The van der Waals surface area contributed by atoms with Gasteiger partial charge in [-0.2, -0.15) is 0 Å². The van der Waals surface area contributed by atoms with Gasteiger partial charge in [-0.05, 0) is 38.5 Å². The van der Waals surface area contributed by atoms with Crippen LogP contribution in [-0.2, 0) is 32.7 Å². The van der Waals surface area contributed by atoms with Crippen molar-refractivity contribution in [2.75, 3.05) is 19.8 Å². The number of carbonyl (C=O) groups is 3. The number of aliphatic hydroxyl groups is 1. The number of rotatable bonds is 48. The number of carboxylic acid groups (broad SMARTS) is 1. The second-order valence-corrected chi connectivity index (χ2v) is 18.8. The zero-order chi connectivity index (χ0) is 44.9. The second-order valence-electron chi connectivity index (χ2n) is 17.4. The summed E-state index contributed by atoms with van der Waals surface area (Å²) in [5, 5.41) is 21.9. The number of hydrogen-bond donors (Lipinski definition) is 4. The first kappa shape index (κ1) is 59.2. The van der Waals surface area contributed by atoms with Gasteiger partial charge in [-0.1, -0.05) is 212 Å². The van der Waals surface area contributed by atoms with Crippen LogP contribution in [0.15, 0.2) is 12.2 Å². The second kappa shape index (κ2) is 44.8. The van der Waals surface area contributed by atoms with Crippen LogP contribution in [0.1, 0.15) is 251 Å². The molecule has 0 heterocycles. The van der Waals surface area contributed by atoms with E-state index < -0.39 is 57.6 Å². The minimum absolute atomic E-state index is 0.151. The van der Waals surface area contributed by atoms with Gasteiger partial charge in [-0.15, -0.1) is 0 Å². The number of amides is 1. The number of phosphoric acid groups is 1. The molecule has 11 nitrogen and oxygen atoms in total. The molecule has 0 fully saturated rings. The van der Waals surface area contributed by atoms with Crippen molar-refractivity contribution in [2.45, 2.75) is 264 Å².